The van der Waals surface area contributed by atoms with Gasteiger partial charge in [0.05, 0.1) is 18.0 Å². The molecule has 180 valence electrons. The van der Waals surface area contributed by atoms with E-state index in [0.29, 0.717) is 29.5 Å². The highest BCUT2D eigenvalue weighted by Gasteiger charge is 2.32. The van der Waals surface area contributed by atoms with E-state index in [1.54, 1.807) is 13.0 Å². The zero-order valence-corrected chi connectivity index (χ0v) is 18.5. The molecule has 1 aliphatic rings. The summed E-state index contributed by atoms with van der Waals surface area (Å²) in [6, 6.07) is 5.23. The second-order valence-electron chi connectivity index (χ2n) is 7.41. The predicted molar refractivity (Wildman–Crippen MR) is 123 cm³/mol. The van der Waals surface area contributed by atoms with Gasteiger partial charge in [0.25, 0.3) is 0 Å². The van der Waals surface area contributed by atoms with Gasteiger partial charge < -0.3 is 21.9 Å². The fourth-order valence-corrected chi connectivity index (χ4v) is 3.39. The fraction of sp³-hybridized carbons (Fsp3) is 0.261. The number of aromatic nitrogens is 1. The number of ether oxygens (including phenoxy) is 1. The van der Waals surface area contributed by atoms with Crippen LogP contribution >= 0.6 is 0 Å². The van der Waals surface area contributed by atoms with Crippen LogP contribution in [0.2, 0.25) is 0 Å². The minimum absolute atomic E-state index is 0.0786. The third-order valence-corrected chi connectivity index (χ3v) is 5.05. The van der Waals surface area contributed by atoms with E-state index in [0.717, 1.165) is 12.1 Å². The van der Waals surface area contributed by atoms with Gasteiger partial charge in [-0.05, 0) is 44.2 Å². The van der Waals surface area contributed by atoms with Crippen molar-refractivity contribution in [2.45, 2.75) is 26.1 Å². The Bertz CT molecular complexity index is 1200. The van der Waals surface area contributed by atoms with Gasteiger partial charge in [0.15, 0.2) is 11.6 Å². The molecular formula is C23H24F4N6O. The van der Waals surface area contributed by atoms with Gasteiger partial charge in [-0.1, -0.05) is 0 Å². The molecule has 3 rings (SSSR count). The Morgan fingerprint density at radius 1 is 1.29 bits per heavy atom. The quantitative estimate of drug-likeness (QED) is 0.569. The normalized spacial score (nSPS) is 19.6. The van der Waals surface area contributed by atoms with Crippen LogP contribution in [0, 0.1) is 5.82 Å². The lowest BCUT2D eigenvalue weighted by Crippen LogP contribution is -2.22. The van der Waals surface area contributed by atoms with Gasteiger partial charge in [-0.25, -0.2) is 9.37 Å². The van der Waals surface area contributed by atoms with Crippen LogP contribution in [0.3, 0.4) is 0 Å². The van der Waals surface area contributed by atoms with Gasteiger partial charge in [0, 0.05) is 41.2 Å². The Labute approximate surface area is 193 Å². The van der Waals surface area contributed by atoms with Crippen molar-refractivity contribution in [2.24, 2.45) is 21.5 Å². The Balaban J connectivity index is 2.32. The van der Waals surface area contributed by atoms with Crippen LogP contribution in [0.25, 0.3) is 0 Å². The Hall–Kier alpha value is -3.89. The molecule has 1 aromatic heterocycles. The van der Waals surface area contributed by atoms with E-state index in [2.05, 4.69) is 15.0 Å². The predicted octanol–water partition coefficient (Wildman–Crippen LogP) is 3.80. The third-order valence-electron chi connectivity index (χ3n) is 5.05. The van der Waals surface area contributed by atoms with E-state index in [9.17, 15) is 17.6 Å². The summed E-state index contributed by atoms with van der Waals surface area (Å²) < 4.78 is 59.9. The molecule has 1 atom stereocenters. The molecule has 2 aromatic rings. The highest BCUT2D eigenvalue weighted by atomic mass is 19.4. The number of aliphatic imine (C=N–C) groups is 2. The average Bonchev–Trinajstić information content (AvgIpc) is 2.78. The van der Waals surface area contributed by atoms with Crippen molar-refractivity contribution in [1.82, 2.24) is 4.98 Å². The fourth-order valence-electron chi connectivity index (χ4n) is 3.39. The van der Waals surface area contributed by atoms with Crippen LogP contribution in [0.1, 0.15) is 36.6 Å². The summed E-state index contributed by atoms with van der Waals surface area (Å²) >= 11 is 0. The van der Waals surface area contributed by atoms with Crippen molar-refractivity contribution in [1.29, 1.82) is 0 Å². The van der Waals surface area contributed by atoms with E-state index in [4.69, 9.17) is 21.9 Å². The molecule has 0 aliphatic carbocycles. The minimum Gasteiger partial charge on any atom is -0.482 e. The summed E-state index contributed by atoms with van der Waals surface area (Å²) in [4.78, 5) is 13.0. The molecular weight excluding hydrogens is 452 g/mol. The van der Waals surface area contributed by atoms with Crippen molar-refractivity contribution < 1.29 is 22.3 Å². The number of halogens is 4. The Kier molecular flexibility index (Phi) is 7.23. The third kappa shape index (κ3) is 5.36. The summed E-state index contributed by atoms with van der Waals surface area (Å²) in [7, 11) is 0. The molecule has 0 amide bonds. The number of nitrogen functional groups attached to an aromatic ring is 1. The molecule has 2 bridgehead atoms. The van der Waals surface area contributed by atoms with Crippen LogP contribution in [-0.4, -0.2) is 35.7 Å². The maximum Gasteiger partial charge on any atom is 0.430 e. The highest BCUT2D eigenvalue weighted by Crippen LogP contribution is 2.31. The van der Waals surface area contributed by atoms with Crippen molar-refractivity contribution >= 4 is 17.2 Å². The first kappa shape index (κ1) is 24.7. The lowest BCUT2D eigenvalue weighted by molar-refractivity contribution is -0.0925. The van der Waals surface area contributed by atoms with Gasteiger partial charge in [0.2, 0.25) is 0 Å². The van der Waals surface area contributed by atoms with Gasteiger partial charge in [0.1, 0.15) is 17.6 Å². The number of rotatable bonds is 2. The molecule has 1 aliphatic heterocycles. The lowest BCUT2D eigenvalue weighted by Gasteiger charge is -2.22. The topological polar surface area (TPSA) is 125 Å². The highest BCUT2D eigenvalue weighted by molar-refractivity contribution is 6.14. The molecule has 0 saturated heterocycles. The first-order chi connectivity index (χ1) is 16.0. The second-order valence-corrected chi connectivity index (χ2v) is 7.41. The Morgan fingerprint density at radius 2 is 2.03 bits per heavy atom. The van der Waals surface area contributed by atoms with Crippen molar-refractivity contribution in [3.05, 3.63) is 76.5 Å². The number of hydrogen-bond acceptors (Lipinski definition) is 7. The SMILES string of the molecule is CCN=C1C(=CN)CN=C(C=C(N)C(F)(F)F)c2ccc(F)cc2[C@@H](C)Oc2cc1cnc2N. The van der Waals surface area contributed by atoms with E-state index in [1.807, 2.05) is 6.92 Å². The maximum absolute atomic E-state index is 14.2. The number of alkyl halides is 3. The number of allylic oxidation sites excluding steroid dienone is 2. The number of fused-ring (bicyclic) bond motifs is 3. The zero-order chi connectivity index (χ0) is 25.0. The largest absolute Gasteiger partial charge is 0.482 e. The first-order valence-electron chi connectivity index (χ1n) is 10.3. The molecule has 0 unspecified atom stereocenters. The molecule has 2 heterocycles. The molecule has 34 heavy (non-hydrogen) atoms. The van der Waals surface area contributed by atoms with Crippen LogP contribution < -0.4 is 21.9 Å². The smallest absolute Gasteiger partial charge is 0.430 e. The van der Waals surface area contributed by atoms with Crippen LogP contribution in [0.5, 0.6) is 5.75 Å². The molecule has 11 heteroatoms. The van der Waals surface area contributed by atoms with Crippen molar-refractivity contribution in [3.8, 4) is 5.75 Å². The number of hydrogen-bond donors (Lipinski definition) is 3. The maximum atomic E-state index is 14.2. The van der Waals surface area contributed by atoms with Crippen LogP contribution in [0.4, 0.5) is 23.4 Å². The number of nitrogens with zero attached hydrogens (tertiary/aromatic N) is 3. The summed E-state index contributed by atoms with van der Waals surface area (Å²) in [6.45, 7) is 3.69. The molecule has 6 N–H and O–H groups in total. The van der Waals surface area contributed by atoms with Gasteiger partial charge in [-0.15, -0.1) is 0 Å². The number of nitrogens with two attached hydrogens (primary N) is 3. The van der Waals surface area contributed by atoms with Crippen LogP contribution in [0.15, 0.2) is 64.0 Å². The first-order valence-corrected chi connectivity index (χ1v) is 10.3. The minimum atomic E-state index is -4.78. The van der Waals surface area contributed by atoms with Crippen LogP contribution in [-0.2, 0) is 0 Å². The second kappa shape index (κ2) is 9.94. The summed E-state index contributed by atoms with van der Waals surface area (Å²) in [5.74, 6) is -0.326. The van der Waals surface area contributed by atoms with E-state index >= 15 is 0 Å². The Morgan fingerprint density at radius 3 is 2.68 bits per heavy atom. The molecule has 7 nitrogen and oxygen atoms in total. The summed E-state index contributed by atoms with van der Waals surface area (Å²) in [5.41, 5.74) is 17.5. The van der Waals surface area contributed by atoms with Gasteiger partial charge in [-0.3, -0.25) is 9.98 Å². The molecule has 0 radical (unpaired) electrons. The standard InChI is InChI=1S/C23H24F4N6O/c1-3-31-21-13-6-19(22(30)33-10-13)34-12(2)17-7-15(24)4-5-16(17)18(32-11-14(21)9-28)8-20(29)23(25,26)27/h4-10,12H,3,11,28-29H2,1-2H3,(H2,30,33)/t12-/m1/s1. The van der Waals surface area contributed by atoms with E-state index < -0.39 is 23.8 Å². The molecule has 0 fully saturated rings. The number of anilines is 1. The average molecular weight is 476 g/mol. The number of benzene rings is 1. The van der Waals surface area contributed by atoms with Gasteiger partial charge >= 0.3 is 6.18 Å². The number of pyridine rings is 1. The zero-order valence-electron chi connectivity index (χ0n) is 18.5. The van der Waals surface area contributed by atoms with Gasteiger partial charge in [-0.2, -0.15) is 13.2 Å². The molecule has 0 spiro atoms. The van der Waals surface area contributed by atoms with E-state index in [1.165, 1.54) is 18.5 Å². The summed E-state index contributed by atoms with van der Waals surface area (Å²) in [5, 5.41) is 0. The monoisotopic (exact) mass is 476 g/mol. The lowest BCUT2D eigenvalue weighted by atomic mass is 9.97. The van der Waals surface area contributed by atoms with Crippen molar-refractivity contribution in [2.75, 3.05) is 18.8 Å². The van der Waals surface area contributed by atoms with Crippen molar-refractivity contribution in [3.63, 3.8) is 0 Å². The van der Waals surface area contributed by atoms with E-state index in [-0.39, 0.29) is 35.0 Å². The summed E-state index contributed by atoms with van der Waals surface area (Å²) in [6.07, 6.45) is -2.16. The molecule has 0 saturated carbocycles. The molecule has 1 aromatic carbocycles.